The van der Waals surface area contributed by atoms with Crippen LogP contribution in [0.2, 0.25) is 0 Å². The summed E-state index contributed by atoms with van der Waals surface area (Å²) in [4.78, 5) is 12.3. The first-order valence-corrected chi connectivity index (χ1v) is 11.5. The van der Waals surface area contributed by atoms with Crippen LogP contribution in [0.15, 0.2) is 36.4 Å². The Hall–Kier alpha value is -2.37. The predicted octanol–water partition coefficient (Wildman–Crippen LogP) is 6.31. The number of benzene rings is 2. The highest BCUT2D eigenvalue weighted by Crippen LogP contribution is 2.23. The molecule has 0 bridgehead atoms. The number of carbonyl (C=O) groups is 1. The molecule has 5 heteroatoms. The fourth-order valence-electron chi connectivity index (χ4n) is 3.18. The van der Waals surface area contributed by atoms with Gasteiger partial charge in [-0.25, -0.2) is 4.79 Å². The Balaban J connectivity index is 1.85. The molecule has 0 heterocycles. The molecular formula is C27H38O5. The summed E-state index contributed by atoms with van der Waals surface area (Å²) >= 11 is 0. The van der Waals surface area contributed by atoms with Gasteiger partial charge in [-0.1, -0.05) is 52.0 Å². The van der Waals surface area contributed by atoms with Gasteiger partial charge < -0.3 is 18.9 Å². The minimum absolute atomic E-state index is 0.499. The van der Waals surface area contributed by atoms with E-state index in [2.05, 4.69) is 27.7 Å². The van der Waals surface area contributed by atoms with Crippen molar-refractivity contribution in [2.45, 2.75) is 54.4 Å². The summed E-state index contributed by atoms with van der Waals surface area (Å²) in [5, 5.41) is 0. The quantitative estimate of drug-likeness (QED) is 0.219. The van der Waals surface area contributed by atoms with E-state index in [0.717, 1.165) is 48.3 Å². The molecule has 0 saturated carbocycles. The highest BCUT2D eigenvalue weighted by molar-refractivity contribution is 5.68. The van der Waals surface area contributed by atoms with Crippen LogP contribution in [0, 0.1) is 25.7 Å². The smallest absolute Gasteiger partial charge is 0.394 e. The summed E-state index contributed by atoms with van der Waals surface area (Å²) in [7, 11) is 0. The zero-order valence-corrected chi connectivity index (χ0v) is 20.4. The maximum atomic E-state index is 12.3. The number of hydrogen-bond acceptors (Lipinski definition) is 5. The second-order valence-electron chi connectivity index (χ2n) is 9.09. The van der Waals surface area contributed by atoms with Crippen LogP contribution in [-0.4, -0.2) is 32.6 Å². The molecule has 0 aliphatic carbocycles. The lowest BCUT2D eigenvalue weighted by Gasteiger charge is -2.12. The second kappa shape index (κ2) is 13.2. The van der Waals surface area contributed by atoms with Crippen LogP contribution < -0.4 is 9.47 Å². The lowest BCUT2D eigenvalue weighted by atomic mass is 10.1. The van der Waals surface area contributed by atoms with Gasteiger partial charge in [-0.05, 0) is 72.9 Å². The largest absolute Gasteiger partial charge is 0.519 e. The molecule has 176 valence electrons. The second-order valence-corrected chi connectivity index (χ2v) is 9.09. The number of ether oxygens (including phenoxy) is 4. The summed E-state index contributed by atoms with van der Waals surface area (Å²) in [6.07, 6.45) is 0.913. The van der Waals surface area contributed by atoms with Gasteiger partial charge in [0.05, 0.1) is 13.2 Å². The van der Waals surface area contributed by atoms with Crippen molar-refractivity contribution < 1.29 is 23.7 Å². The van der Waals surface area contributed by atoms with Crippen molar-refractivity contribution in [1.82, 2.24) is 0 Å². The maximum Gasteiger partial charge on any atom is 0.519 e. The van der Waals surface area contributed by atoms with E-state index < -0.39 is 6.16 Å². The Bertz CT molecular complexity index is 788. The standard InChI is InChI=1S/C27H38O5/c1-19(2)17-29-13-11-23-7-9-25(21(5)15-23)31-27(28)32-26-10-8-24(16-22(26)6)12-14-30-18-20(3)4/h7-10,15-16,19-20H,11-14,17-18H2,1-6H3. The molecular weight excluding hydrogens is 404 g/mol. The Morgan fingerprint density at radius 1 is 0.719 bits per heavy atom. The monoisotopic (exact) mass is 442 g/mol. The first-order chi connectivity index (χ1) is 15.2. The van der Waals surface area contributed by atoms with Crippen molar-refractivity contribution in [3.63, 3.8) is 0 Å². The predicted molar refractivity (Wildman–Crippen MR) is 128 cm³/mol. The molecule has 0 fully saturated rings. The summed E-state index contributed by atoms with van der Waals surface area (Å²) in [6, 6.07) is 11.6. The first kappa shape index (κ1) is 25.9. The topological polar surface area (TPSA) is 54.0 Å². The summed E-state index contributed by atoms with van der Waals surface area (Å²) in [6.45, 7) is 15.3. The summed E-state index contributed by atoms with van der Waals surface area (Å²) in [5.74, 6) is 2.06. The Labute approximate surface area is 193 Å². The van der Waals surface area contributed by atoms with Crippen LogP contribution in [0.1, 0.15) is 49.9 Å². The molecule has 5 nitrogen and oxygen atoms in total. The molecule has 0 saturated heterocycles. The van der Waals surface area contributed by atoms with Gasteiger partial charge in [0.2, 0.25) is 0 Å². The molecule has 0 amide bonds. The van der Waals surface area contributed by atoms with E-state index in [0.29, 0.717) is 36.5 Å². The van der Waals surface area contributed by atoms with Crippen molar-refractivity contribution in [1.29, 1.82) is 0 Å². The van der Waals surface area contributed by atoms with Crippen molar-refractivity contribution in [2.75, 3.05) is 26.4 Å². The van der Waals surface area contributed by atoms with Crippen molar-refractivity contribution in [3.8, 4) is 11.5 Å². The van der Waals surface area contributed by atoms with Crippen molar-refractivity contribution >= 4 is 6.16 Å². The van der Waals surface area contributed by atoms with Gasteiger partial charge in [-0.2, -0.15) is 0 Å². The zero-order valence-electron chi connectivity index (χ0n) is 20.4. The molecule has 0 spiro atoms. The molecule has 0 atom stereocenters. The average Bonchev–Trinajstić information content (AvgIpc) is 2.72. The molecule has 2 aromatic rings. The lowest BCUT2D eigenvalue weighted by molar-refractivity contribution is 0.112. The Morgan fingerprint density at radius 3 is 1.47 bits per heavy atom. The molecule has 0 unspecified atom stereocenters. The molecule has 0 aliphatic heterocycles. The summed E-state index contributed by atoms with van der Waals surface area (Å²) in [5.41, 5.74) is 4.07. The number of carbonyl (C=O) groups excluding carboxylic acids is 1. The summed E-state index contributed by atoms with van der Waals surface area (Å²) < 4.78 is 22.2. The van der Waals surface area contributed by atoms with Crippen LogP contribution in [0.25, 0.3) is 0 Å². The molecule has 0 N–H and O–H groups in total. The number of hydrogen-bond donors (Lipinski definition) is 0. The van der Waals surface area contributed by atoms with Gasteiger partial charge >= 0.3 is 6.16 Å². The van der Waals surface area contributed by atoms with Gasteiger partial charge in [-0.15, -0.1) is 0 Å². The van der Waals surface area contributed by atoms with Crippen LogP contribution in [0.5, 0.6) is 11.5 Å². The Morgan fingerprint density at radius 2 is 1.12 bits per heavy atom. The molecule has 0 aromatic heterocycles. The molecule has 32 heavy (non-hydrogen) atoms. The van der Waals surface area contributed by atoms with Gasteiger partial charge in [0, 0.05) is 13.2 Å². The first-order valence-electron chi connectivity index (χ1n) is 11.5. The minimum Gasteiger partial charge on any atom is -0.394 e. The Kier molecular flexibility index (Phi) is 10.7. The van der Waals surface area contributed by atoms with E-state index >= 15 is 0 Å². The fourth-order valence-corrected chi connectivity index (χ4v) is 3.18. The zero-order chi connectivity index (χ0) is 23.5. The van der Waals surface area contributed by atoms with Gasteiger partial charge in [0.1, 0.15) is 11.5 Å². The van der Waals surface area contributed by atoms with E-state index in [1.807, 2.05) is 50.2 Å². The molecule has 2 rings (SSSR count). The van der Waals surface area contributed by atoms with Crippen LogP contribution in [0.4, 0.5) is 4.79 Å². The van der Waals surface area contributed by atoms with E-state index in [1.165, 1.54) is 0 Å². The van der Waals surface area contributed by atoms with Crippen LogP contribution >= 0.6 is 0 Å². The lowest BCUT2D eigenvalue weighted by Crippen LogP contribution is -2.15. The molecule has 0 aliphatic rings. The third-order valence-electron chi connectivity index (χ3n) is 4.84. The molecule has 2 aromatic carbocycles. The minimum atomic E-state index is -0.739. The van der Waals surface area contributed by atoms with E-state index in [-0.39, 0.29) is 0 Å². The average molecular weight is 443 g/mol. The normalized spacial score (nSPS) is 11.2. The third kappa shape index (κ3) is 9.41. The fraction of sp³-hybridized carbons (Fsp3) is 0.519. The van der Waals surface area contributed by atoms with Crippen molar-refractivity contribution in [3.05, 3.63) is 58.7 Å². The maximum absolute atomic E-state index is 12.3. The van der Waals surface area contributed by atoms with E-state index in [4.69, 9.17) is 18.9 Å². The van der Waals surface area contributed by atoms with Gasteiger partial charge in [0.25, 0.3) is 0 Å². The number of aryl methyl sites for hydroxylation is 2. The highest BCUT2D eigenvalue weighted by Gasteiger charge is 2.12. The van der Waals surface area contributed by atoms with Crippen molar-refractivity contribution in [2.24, 2.45) is 11.8 Å². The third-order valence-corrected chi connectivity index (χ3v) is 4.84. The number of rotatable bonds is 12. The highest BCUT2D eigenvalue weighted by atomic mass is 16.7. The van der Waals surface area contributed by atoms with Gasteiger partial charge in [0.15, 0.2) is 0 Å². The van der Waals surface area contributed by atoms with E-state index in [1.54, 1.807) is 0 Å². The molecule has 0 radical (unpaired) electrons. The van der Waals surface area contributed by atoms with Gasteiger partial charge in [-0.3, -0.25) is 0 Å². The van der Waals surface area contributed by atoms with Crippen LogP contribution in [0.3, 0.4) is 0 Å². The van der Waals surface area contributed by atoms with E-state index in [9.17, 15) is 4.79 Å². The van der Waals surface area contributed by atoms with Crippen LogP contribution in [-0.2, 0) is 22.3 Å². The SMILES string of the molecule is Cc1cc(CCOCC(C)C)ccc1OC(=O)Oc1ccc(CCOCC(C)C)cc1C.